The molecule has 24 heavy (non-hydrogen) atoms. The summed E-state index contributed by atoms with van der Waals surface area (Å²) in [6.07, 6.45) is 1.47. The number of ether oxygens (including phenoxy) is 2. The number of carbonyl (C=O) groups excluding carboxylic acids is 1. The number of methoxy groups -OCH3 is 1. The smallest absolute Gasteiger partial charge is 0.248 e. The van der Waals surface area contributed by atoms with Crippen molar-refractivity contribution in [2.24, 2.45) is 5.73 Å². The van der Waals surface area contributed by atoms with E-state index >= 15 is 0 Å². The number of benzene rings is 2. The van der Waals surface area contributed by atoms with Crippen molar-refractivity contribution in [2.45, 2.75) is 0 Å². The standard InChI is InChI=1S/C17H13FN2O4/c1-23-16-7-10-12(8-13(16)21)20-5-4-14(10)24-15-3-2-9(17(19)22)6-11(15)18/h2-8,21H,1H3,(H2,19,22). The van der Waals surface area contributed by atoms with Crippen molar-refractivity contribution in [3.05, 3.63) is 54.0 Å². The Morgan fingerprint density at radius 3 is 2.62 bits per heavy atom. The summed E-state index contributed by atoms with van der Waals surface area (Å²) >= 11 is 0. The van der Waals surface area contributed by atoms with Gasteiger partial charge in [-0.15, -0.1) is 0 Å². The van der Waals surface area contributed by atoms with Gasteiger partial charge in [-0.05, 0) is 30.3 Å². The number of carbonyl (C=O) groups is 1. The van der Waals surface area contributed by atoms with Crippen LogP contribution in [0.15, 0.2) is 42.6 Å². The molecule has 1 heterocycles. The number of phenols is 1. The molecule has 0 aliphatic heterocycles. The quantitative estimate of drug-likeness (QED) is 0.768. The Morgan fingerprint density at radius 2 is 1.96 bits per heavy atom. The molecule has 2 aromatic carbocycles. The number of hydrogen-bond donors (Lipinski definition) is 2. The number of pyridine rings is 1. The zero-order valence-corrected chi connectivity index (χ0v) is 12.6. The van der Waals surface area contributed by atoms with Crippen molar-refractivity contribution in [2.75, 3.05) is 7.11 Å². The van der Waals surface area contributed by atoms with Crippen LogP contribution in [-0.4, -0.2) is 23.1 Å². The fourth-order valence-corrected chi connectivity index (χ4v) is 2.24. The Kier molecular flexibility index (Phi) is 3.91. The van der Waals surface area contributed by atoms with Crippen LogP contribution in [0.25, 0.3) is 10.9 Å². The van der Waals surface area contributed by atoms with Crippen LogP contribution >= 0.6 is 0 Å². The van der Waals surface area contributed by atoms with Crippen molar-refractivity contribution >= 4 is 16.8 Å². The van der Waals surface area contributed by atoms with Crippen molar-refractivity contribution < 1.29 is 23.8 Å². The van der Waals surface area contributed by atoms with Crippen molar-refractivity contribution in [3.63, 3.8) is 0 Å². The van der Waals surface area contributed by atoms with E-state index in [0.717, 1.165) is 6.07 Å². The largest absolute Gasteiger partial charge is 0.504 e. The molecule has 7 heteroatoms. The summed E-state index contributed by atoms with van der Waals surface area (Å²) in [6, 6.07) is 8.22. The van der Waals surface area contributed by atoms with Crippen LogP contribution in [-0.2, 0) is 0 Å². The molecule has 3 aromatic rings. The Bertz CT molecular complexity index is 943. The monoisotopic (exact) mass is 328 g/mol. The lowest BCUT2D eigenvalue weighted by Gasteiger charge is -2.11. The number of rotatable bonds is 4. The number of primary amides is 1. The topological polar surface area (TPSA) is 94.7 Å². The average Bonchev–Trinajstić information content (AvgIpc) is 2.56. The van der Waals surface area contributed by atoms with Crippen LogP contribution in [0.4, 0.5) is 4.39 Å². The number of aromatic nitrogens is 1. The molecule has 0 saturated carbocycles. The van der Waals surface area contributed by atoms with Crippen molar-refractivity contribution in [3.8, 4) is 23.0 Å². The fourth-order valence-electron chi connectivity index (χ4n) is 2.24. The number of nitrogens with zero attached hydrogens (tertiary/aromatic N) is 1. The molecular formula is C17H13FN2O4. The first-order valence-electron chi connectivity index (χ1n) is 6.92. The first-order chi connectivity index (χ1) is 11.5. The van der Waals surface area contributed by atoms with Gasteiger partial charge in [0.1, 0.15) is 5.75 Å². The Hall–Kier alpha value is -3.35. The molecule has 3 N–H and O–H groups in total. The molecule has 0 fully saturated rings. The first kappa shape index (κ1) is 15.5. The van der Waals surface area contributed by atoms with Gasteiger partial charge in [0.25, 0.3) is 0 Å². The van der Waals surface area contributed by atoms with Crippen LogP contribution < -0.4 is 15.2 Å². The van der Waals surface area contributed by atoms with E-state index < -0.39 is 11.7 Å². The van der Waals surface area contributed by atoms with Crippen LogP contribution in [0.5, 0.6) is 23.0 Å². The second-order valence-corrected chi connectivity index (χ2v) is 4.96. The number of fused-ring (bicyclic) bond motifs is 1. The molecule has 122 valence electrons. The van der Waals surface area contributed by atoms with E-state index in [-0.39, 0.29) is 22.8 Å². The molecule has 0 bridgehead atoms. The number of nitrogens with two attached hydrogens (primary N) is 1. The first-order valence-corrected chi connectivity index (χ1v) is 6.92. The van der Waals surface area contributed by atoms with Gasteiger partial charge in [0.05, 0.1) is 12.6 Å². The van der Waals surface area contributed by atoms with Gasteiger partial charge < -0.3 is 20.3 Å². The van der Waals surface area contributed by atoms with Gasteiger partial charge in [-0.2, -0.15) is 0 Å². The molecule has 0 radical (unpaired) electrons. The van der Waals surface area contributed by atoms with Crippen molar-refractivity contribution in [1.82, 2.24) is 4.98 Å². The second kappa shape index (κ2) is 6.04. The summed E-state index contributed by atoms with van der Waals surface area (Å²) < 4.78 is 24.8. The van der Waals surface area contributed by atoms with E-state index in [1.807, 2.05) is 0 Å². The minimum Gasteiger partial charge on any atom is -0.504 e. The molecule has 0 atom stereocenters. The Morgan fingerprint density at radius 1 is 1.17 bits per heavy atom. The van der Waals surface area contributed by atoms with Gasteiger partial charge in [0, 0.05) is 23.2 Å². The highest BCUT2D eigenvalue weighted by Gasteiger charge is 2.13. The molecule has 0 unspecified atom stereocenters. The lowest BCUT2D eigenvalue weighted by atomic mass is 10.1. The predicted octanol–water partition coefficient (Wildman–Crippen LogP) is 2.98. The molecule has 0 aliphatic rings. The lowest BCUT2D eigenvalue weighted by Crippen LogP contribution is -2.11. The maximum atomic E-state index is 14.1. The van der Waals surface area contributed by atoms with Crippen LogP contribution in [0.1, 0.15) is 10.4 Å². The average molecular weight is 328 g/mol. The zero-order chi connectivity index (χ0) is 17.3. The van der Waals surface area contributed by atoms with Gasteiger partial charge in [-0.25, -0.2) is 4.39 Å². The normalized spacial score (nSPS) is 10.6. The number of aromatic hydroxyl groups is 1. The minimum atomic E-state index is -0.727. The number of phenolic OH excluding ortho intramolecular Hbond substituents is 1. The molecule has 3 rings (SSSR count). The highest BCUT2D eigenvalue weighted by molar-refractivity contribution is 5.93. The molecule has 0 spiro atoms. The van der Waals surface area contributed by atoms with Crippen LogP contribution in [0.2, 0.25) is 0 Å². The van der Waals surface area contributed by atoms with Crippen LogP contribution in [0.3, 0.4) is 0 Å². The van der Waals surface area contributed by atoms with Gasteiger partial charge in [0.15, 0.2) is 23.1 Å². The maximum Gasteiger partial charge on any atom is 0.248 e. The lowest BCUT2D eigenvalue weighted by molar-refractivity contribution is 0.1000. The second-order valence-electron chi connectivity index (χ2n) is 4.96. The number of halogens is 1. The van der Waals surface area contributed by atoms with Crippen LogP contribution in [0, 0.1) is 5.82 Å². The molecule has 1 aromatic heterocycles. The fraction of sp³-hybridized carbons (Fsp3) is 0.0588. The van der Waals surface area contributed by atoms with E-state index in [0.29, 0.717) is 16.7 Å². The zero-order valence-electron chi connectivity index (χ0n) is 12.6. The van der Waals surface area contributed by atoms with E-state index in [1.165, 1.54) is 31.5 Å². The summed E-state index contributed by atoms with van der Waals surface area (Å²) in [7, 11) is 1.42. The van der Waals surface area contributed by atoms with E-state index in [2.05, 4.69) is 4.98 Å². The summed E-state index contributed by atoms with van der Waals surface area (Å²) in [6.45, 7) is 0. The molecular weight excluding hydrogens is 315 g/mol. The number of hydrogen-bond acceptors (Lipinski definition) is 5. The number of amides is 1. The molecule has 1 amide bonds. The van der Waals surface area contributed by atoms with E-state index in [4.69, 9.17) is 15.2 Å². The third kappa shape index (κ3) is 2.79. The Balaban J connectivity index is 2.05. The third-order valence-corrected chi connectivity index (χ3v) is 3.44. The summed E-state index contributed by atoms with van der Waals surface area (Å²) in [5, 5.41) is 10.3. The third-order valence-electron chi connectivity index (χ3n) is 3.44. The minimum absolute atomic E-state index is 0.0472. The summed E-state index contributed by atoms with van der Waals surface area (Å²) in [4.78, 5) is 15.2. The van der Waals surface area contributed by atoms with Gasteiger partial charge in [-0.1, -0.05) is 0 Å². The van der Waals surface area contributed by atoms with Gasteiger partial charge in [0.2, 0.25) is 5.91 Å². The van der Waals surface area contributed by atoms with E-state index in [1.54, 1.807) is 12.1 Å². The SMILES string of the molecule is COc1cc2c(Oc3ccc(C(N)=O)cc3F)ccnc2cc1O. The van der Waals surface area contributed by atoms with Crippen molar-refractivity contribution in [1.29, 1.82) is 0 Å². The molecule has 0 saturated heterocycles. The maximum absolute atomic E-state index is 14.1. The predicted molar refractivity (Wildman–Crippen MR) is 85.0 cm³/mol. The molecule has 0 aliphatic carbocycles. The summed E-state index contributed by atoms with van der Waals surface area (Å²) in [5.41, 5.74) is 5.62. The molecule has 6 nitrogen and oxygen atoms in total. The highest BCUT2D eigenvalue weighted by Crippen LogP contribution is 2.36. The van der Waals surface area contributed by atoms with Gasteiger partial charge >= 0.3 is 0 Å². The Labute approximate surface area is 136 Å². The highest BCUT2D eigenvalue weighted by atomic mass is 19.1. The summed E-state index contributed by atoms with van der Waals surface area (Å²) in [5.74, 6) is -1.02. The van der Waals surface area contributed by atoms with Gasteiger partial charge in [-0.3, -0.25) is 9.78 Å². The van der Waals surface area contributed by atoms with E-state index in [9.17, 15) is 14.3 Å².